The van der Waals surface area contributed by atoms with E-state index in [1.807, 2.05) is 86.0 Å². The molecule has 4 aromatic rings. The highest BCUT2D eigenvalue weighted by atomic mass is 16.5. The standard InChI is InChI=1S/C31H32N6O2/c1-31(2,3)18-23(19-32)30(38)36-16-7-8-22(20-36)29-35-26(27-28(33)34-15-17-37(27)29)21-11-13-25(14-12-21)39-24-9-5-4-6-10-24/h4-6,9-15,17-18,22H,7-8,16,20H2,1-3H3,(H2,33,34)/b23-18-/t22-/m1/s1. The van der Waals surface area contributed by atoms with Crippen LogP contribution < -0.4 is 10.5 Å². The van der Waals surface area contributed by atoms with Crippen molar-refractivity contribution in [3.8, 4) is 28.8 Å². The number of allylic oxidation sites excluding steroid dienone is 1. The maximum absolute atomic E-state index is 13.3. The molecule has 8 nitrogen and oxygen atoms in total. The van der Waals surface area contributed by atoms with Crippen molar-refractivity contribution in [2.24, 2.45) is 5.41 Å². The van der Waals surface area contributed by atoms with Crippen molar-refractivity contribution in [1.29, 1.82) is 5.26 Å². The average Bonchev–Trinajstić information content (AvgIpc) is 3.33. The third kappa shape index (κ3) is 5.63. The van der Waals surface area contributed by atoms with Gasteiger partial charge in [-0.2, -0.15) is 5.26 Å². The van der Waals surface area contributed by atoms with Crippen LogP contribution in [0, 0.1) is 16.7 Å². The Morgan fingerprint density at radius 3 is 2.54 bits per heavy atom. The van der Waals surface area contributed by atoms with E-state index in [1.165, 1.54) is 0 Å². The van der Waals surface area contributed by atoms with Crippen LogP contribution in [0.15, 0.2) is 78.6 Å². The number of fused-ring (bicyclic) bond motifs is 1. The van der Waals surface area contributed by atoms with Gasteiger partial charge in [-0.1, -0.05) is 45.0 Å². The second-order valence-electron chi connectivity index (χ2n) is 10.9. The molecule has 1 amide bonds. The van der Waals surface area contributed by atoms with Gasteiger partial charge in [0.15, 0.2) is 0 Å². The fraction of sp³-hybridized carbons (Fsp3) is 0.290. The van der Waals surface area contributed by atoms with Gasteiger partial charge in [0.2, 0.25) is 0 Å². The van der Waals surface area contributed by atoms with Crippen molar-refractivity contribution < 1.29 is 9.53 Å². The number of nitrogens with zero attached hydrogens (tertiary/aromatic N) is 5. The Balaban J connectivity index is 1.46. The molecule has 8 heteroatoms. The van der Waals surface area contributed by atoms with Gasteiger partial charge in [-0.25, -0.2) is 9.97 Å². The van der Waals surface area contributed by atoms with E-state index in [4.69, 9.17) is 15.5 Å². The van der Waals surface area contributed by atoms with E-state index < -0.39 is 0 Å². The lowest BCUT2D eigenvalue weighted by Crippen LogP contribution is -2.40. The maximum Gasteiger partial charge on any atom is 0.264 e. The highest BCUT2D eigenvalue weighted by Crippen LogP contribution is 2.35. The zero-order chi connectivity index (χ0) is 27.6. The molecule has 1 aliphatic heterocycles. The molecule has 1 aliphatic rings. The normalized spacial score (nSPS) is 16.2. The number of likely N-dealkylation sites (tertiary alicyclic amines) is 1. The lowest BCUT2D eigenvalue weighted by Gasteiger charge is -2.32. The molecule has 1 atom stereocenters. The Morgan fingerprint density at radius 1 is 1.13 bits per heavy atom. The number of rotatable bonds is 5. The number of carbonyl (C=O) groups excluding carboxylic acids is 1. The minimum absolute atomic E-state index is 0.0129. The van der Waals surface area contributed by atoms with Crippen molar-refractivity contribution >= 4 is 17.2 Å². The Bertz CT molecular complexity index is 1560. The number of anilines is 1. The van der Waals surface area contributed by atoms with Gasteiger partial charge >= 0.3 is 0 Å². The van der Waals surface area contributed by atoms with Gasteiger partial charge in [0.05, 0.1) is 0 Å². The summed E-state index contributed by atoms with van der Waals surface area (Å²) in [7, 11) is 0. The first-order chi connectivity index (χ1) is 18.7. The molecule has 3 heterocycles. The Hall–Kier alpha value is -4.64. The van der Waals surface area contributed by atoms with E-state index in [9.17, 15) is 10.1 Å². The number of nitrogen functional groups attached to an aromatic ring is 1. The van der Waals surface area contributed by atoms with Crippen LogP contribution >= 0.6 is 0 Å². The number of hydrogen-bond acceptors (Lipinski definition) is 6. The molecule has 0 bridgehead atoms. The van der Waals surface area contributed by atoms with Crippen LogP contribution in [-0.4, -0.2) is 38.3 Å². The number of benzene rings is 2. The number of nitrogens with two attached hydrogens (primary N) is 1. The first-order valence-electron chi connectivity index (χ1n) is 13.1. The predicted molar refractivity (Wildman–Crippen MR) is 151 cm³/mol. The fourth-order valence-electron chi connectivity index (χ4n) is 5.00. The summed E-state index contributed by atoms with van der Waals surface area (Å²) in [4.78, 5) is 24.4. The molecule has 1 saturated heterocycles. The van der Waals surface area contributed by atoms with Gasteiger partial charge in [0.1, 0.15) is 46.0 Å². The largest absolute Gasteiger partial charge is 0.457 e. The highest BCUT2D eigenvalue weighted by molar-refractivity contribution is 5.97. The monoisotopic (exact) mass is 520 g/mol. The quantitative estimate of drug-likeness (QED) is 0.256. The van der Waals surface area contributed by atoms with Crippen molar-refractivity contribution in [1.82, 2.24) is 19.3 Å². The minimum Gasteiger partial charge on any atom is -0.457 e. The molecule has 2 aromatic carbocycles. The maximum atomic E-state index is 13.3. The number of amides is 1. The van der Waals surface area contributed by atoms with Crippen molar-refractivity contribution in [3.63, 3.8) is 0 Å². The van der Waals surface area contributed by atoms with Crippen LogP contribution in [0.5, 0.6) is 11.5 Å². The predicted octanol–water partition coefficient (Wildman–Crippen LogP) is 5.97. The minimum atomic E-state index is -0.268. The molecule has 2 N–H and O–H groups in total. The van der Waals surface area contributed by atoms with E-state index >= 15 is 0 Å². The molecule has 0 unspecified atom stereocenters. The van der Waals surface area contributed by atoms with E-state index in [0.29, 0.717) is 18.9 Å². The molecule has 0 saturated carbocycles. The molecular formula is C31H32N6O2. The number of carbonyl (C=O) groups is 1. The highest BCUT2D eigenvalue weighted by Gasteiger charge is 2.31. The summed E-state index contributed by atoms with van der Waals surface area (Å²) in [5.74, 6) is 2.46. The van der Waals surface area contributed by atoms with Gasteiger partial charge < -0.3 is 15.4 Å². The summed E-state index contributed by atoms with van der Waals surface area (Å²) in [5.41, 5.74) is 8.63. The van der Waals surface area contributed by atoms with E-state index in [1.54, 1.807) is 17.2 Å². The number of piperidine rings is 1. The number of para-hydroxylation sites is 1. The zero-order valence-corrected chi connectivity index (χ0v) is 22.5. The van der Waals surface area contributed by atoms with Gasteiger partial charge in [-0.05, 0) is 54.7 Å². The molecule has 198 valence electrons. The molecular weight excluding hydrogens is 488 g/mol. The third-order valence-corrected chi connectivity index (χ3v) is 6.72. The first kappa shape index (κ1) is 26.0. The lowest BCUT2D eigenvalue weighted by atomic mass is 9.92. The van der Waals surface area contributed by atoms with Crippen LogP contribution in [0.2, 0.25) is 0 Å². The fourth-order valence-corrected chi connectivity index (χ4v) is 5.00. The van der Waals surface area contributed by atoms with Crippen LogP contribution in [0.4, 0.5) is 5.82 Å². The second-order valence-corrected chi connectivity index (χ2v) is 10.9. The van der Waals surface area contributed by atoms with Crippen molar-refractivity contribution in [3.05, 3.63) is 84.5 Å². The molecule has 1 fully saturated rings. The van der Waals surface area contributed by atoms with Crippen LogP contribution in [0.3, 0.4) is 0 Å². The summed E-state index contributed by atoms with van der Waals surface area (Å²) in [6.07, 6.45) is 6.98. The number of imidazole rings is 1. The second kappa shape index (κ2) is 10.6. The van der Waals surface area contributed by atoms with E-state index in [0.717, 1.165) is 46.9 Å². The molecule has 0 aliphatic carbocycles. The summed E-state index contributed by atoms with van der Waals surface area (Å²) < 4.78 is 7.93. The molecule has 5 rings (SSSR count). The van der Waals surface area contributed by atoms with Crippen LogP contribution in [0.1, 0.15) is 45.4 Å². The number of ether oxygens (including phenoxy) is 1. The number of aromatic nitrogens is 3. The summed E-state index contributed by atoms with van der Waals surface area (Å²) in [5, 5.41) is 9.66. The topological polar surface area (TPSA) is 110 Å². The summed E-state index contributed by atoms with van der Waals surface area (Å²) in [6, 6.07) is 19.5. The zero-order valence-electron chi connectivity index (χ0n) is 22.5. The Kier molecular flexibility index (Phi) is 7.07. The van der Waals surface area contributed by atoms with E-state index in [2.05, 4.69) is 11.1 Å². The van der Waals surface area contributed by atoms with Crippen molar-refractivity contribution in [2.75, 3.05) is 18.8 Å². The number of nitriles is 1. The van der Waals surface area contributed by atoms with Crippen molar-refractivity contribution in [2.45, 2.75) is 39.5 Å². The van der Waals surface area contributed by atoms with E-state index in [-0.39, 0.29) is 22.8 Å². The Labute approximate surface area is 228 Å². The summed E-state index contributed by atoms with van der Waals surface area (Å²) in [6.45, 7) is 7.03. The summed E-state index contributed by atoms with van der Waals surface area (Å²) >= 11 is 0. The molecule has 0 radical (unpaired) electrons. The van der Waals surface area contributed by atoms with Gasteiger partial charge in [0, 0.05) is 37.0 Å². The molecule has 2 aromatic heterocycles. The van der Waals surface area contributed by atoms with Crippen LogP contribution in [0.25, 0.3) is 16.8 Å². The average molecular weight is 521 g/mol. The smallest absolute Gasteiger partial charge is 0.264 e. The third-order valence-electron chi connectivity index (χ3n) is 6.72. The van der Waals surface area contributed by atoms with Gasteiger partial charge in [-0.3, -0.25) is 9.20 Å². The van der Waals surface area contributed by atoms with Gasteiger partial charge in [0.25, 0.3) is 5.91 Å². The molecule has 39 heavy (non-hydrogen) atoms. The molecule has 0 spiro atoms. The van der Waals surface area contributed by atoms with Crippen LogP contribution in [-0.2, 0) is 4.79 Å². The SMILES string of the molecule is CC(C)(C)/C=C(/C#N)C(=O)N1CCC[C@@H](c2nc(-c3ccc(Oc4ccccc4)cc3)c3c(N)nccn23)C1. The number of hydrogen-bond donors (Lipinski definition) is 1. The van der Waals surface area contributed by atoms with Gasteiger partial charge in [-0.15, -0.1) is 0 Å². The lowest BCUT2D eigenvalue weighted by molar-refractivity contribution is -0.128. The Morgan fingerprint density at radius 2 is 1.85 bits per heavy atom. The first-order valence-corrected chi connectivity index (χ1v) is 13.1.